The van der Waals surface area contributed by atoms with Crippen LogP contribution in [0.2, 0.25) is 0 Å². The molecule has 7 heteroatoms. The van der Waals surface area contributed by atoms with E-state index in [1.165, 1.54) is 29.5 Å². The minimum atomic E-state index is -0.400. The van der Waals surface area contributed by atoms with E-state index in [2.05, 4.69) is 9.88 Å². The second-order valence-electron chi connectivity index (χ2n) is 6.89. The zero-order valence-electron chi connectivity index (χ0n) is 14.5. The van der Waals surface area contributed by atoms with Gasteiger partial charge in [-0.25, -0.2) is 9.37 Å². The summed E-state index contributed by atoms with van der Waals surface area (Å²) in [5, 5.41) is 12.7. The lowest BCUT2D eigenvalue weighted by molar-refractivity contribution is -0.149. The molecule has 0 spiro atoms. The van der Waals surface area contributed by atoms with Crippen molar-refractivity contribution in [2.45, 2.75) is 44.7 Å². The van der Waals surface area contributed by atoms with Gasteiger partial charge in [-0.15, -0.1) is 11.3 Å². The number of hydrogen-bond acceptors (Lipinski definition) is 6. The summed E-state index contributed by atoms with van der Waals surface area (Å²) in [5.74, 6) is -0.501. The van der Waals surface area contributed by atoms with Gasteiger partial charge in [-0.05, 0) is 50.8 Å². The van der Waals surface area contributed by atoms with E-state index in [0.717, 1.165) is 30.8 Å². The lowest BCUT2D eigenvalue weighted by atomic mass is 9.91. The van der Waals surface area contributed by atoms with E-state index < -0.39 is 5.82 Å². The first-order chi connectivity index (χ1) is 12.6. The maximum Gasteiger partial charge on any atom is 0.309 e. The maximum atomic E-state index is 13.5. The van der Waals surface area contributed by atoms with E-state index in [9.17, 15) is 14.3 Å². The molecular weight excluding hydrogens is 355 g/mol. The number of rotatable bonds is 4. The third-order valence-corrected chi connectivity index (χ3v) is 6.15. The Bertz CT molecular complexity index is 811. The van der Waals surface area contributed by atoms with E-state index in [1.807, 2.05) is 12.3 Å². The Balaban J connectivity index is 1.56. The van der Waals surface area contributed by atoms with Crippen LogP contribution in [0.1, 0.15) is 32.6 Å². The zero-order valence-corrected chi connectivity index (χ0v) is 15.3. The minimum absolute atomic E-state index is 0.0206. The second-order valence-corrected chi connectivity index (χ2v) is 7.73. The number of hydrogen-bond donors (Lipinski definition) is 1. The number of esters is 1. The number of fused-ring (bicyclic) bond motifs is 2. The highest BCUT2D eigenvalue weighted by atomic mass is 32.1. The van der Waals surface area contributed by atoms with Gasteiger partial charge in [0.15, 0.2) is 5.13 Å². The summed E-state index contributed by atoms with van der Waals surface area (Å²) in [7, 11) is 0. The topological polar surface area (TPSA) is 62.7 Å². The summed E-state index contributed by atoms with van der Waals surface area (Å²) in [5.41, 5.74) is 0.982. The van der Waals surface area contributed by atoms with Crippen molar-refractivity contribution in [1.82, 2.24) is 4.98 Å². The van der Waals surface area contributed by atoms with Crippen LogP contribution >= 0.6 is 11.3 Å². The number of carbonyl (C=O) groups is 1. The number of aromatic nitrogens is 1. The van der Waals surface area contributed by atoms with Crippen LogP contribution in [0.25, 0.3) is 11.3 Å². The number of thiazole rings is 1. The molecule has 2 fully saturated rings. The van der Waals surface area contributed by atoms with E-state index in [0.29, 0.717) is 17.9 Å². The summed E-state index contributed by atoms with van der Waals surface area (Å²) in [6.45, 7) is 2.25. The van der Waals surface area contributed by atoms with Gasteiger partial charge < -0.3 is 14.7 Å². The van der Waals surface area contributed by atoms with Crippen LogP contribution in [-0.2, 0) is 9.53 Å². The molecule has 2 unspecified atom stereocenters. The predicted octanol–water partition coefficient (Wildman–Crippen LogP) is 3.97. The van der Waals surface area contributed by atoms with Crippen molar-refractivity contribution in [3.8, 4) is 17.0 Å². The maximum absolute atomic E-state index is 13.5. The Labute approximate surface area is 155 Å². The Kier molecular flexibility index (Phi) is 4.56. The molecule has 3 heterocycles. The number of ether oxygens (including phenoxy) is 1. The highest BCUT2D eigenvalue weighted by Crippen LogP contribution is 2.44. The van der Waals surface area contributed by atoms with Gasteiger partial charge >= 0.3 is 5.97 Å². The van der Waals surface area contributed by atoms with Crippen LogP contribution in [0.15, 0.2) is 23.6 Å². The summed E-state index contributed by atoms with van der Waals surface area (Å²) < 4.78 is 18.7. The Hall–Kier alpha value is -2.15. The fourth-order valence-corrected chi connectivity index (χ4v) is 5.13. The molecule has 5 nitrogen and oxygen atoms in total. The van der Waals surface area contributed by atoms with Crippen LogP contribution < -0.4 is 4.90 Å². The first-order valence-corrected chi connectivity index (χ1v) is 9.84. The lowest BCUT2D eigenvalue weighted by Gasteiger charge is -2.37. The van der Waals surface area contributed by atoms with Gasteiger partial charge in [0, 0.05) is 23.0 Å². The average Bonchev–Trinajstić information content (AvgIpc) is 3.19. The SMILES string of the molecule is CCOC(=O)C1CC2CCC(C1)N2c1nc(-c2cc(F)ccc2O)cs1. The first kappa shape index (κ1) is 17.3. The number of phenols is 1. The first-order valence-electron chi connectivity index (χ1n) is 8.96. The Morgan fingerprint density at radius 2 is 2.12 bits per heavy atom. The molecule has 2 aliphatic heterocycles. The largest absolute Gasteiger partial charge is 0.507 e. The van der Waals surface area contributed by atoms with Gasteiger partial charge in [-0.3, -0.25) is 4.79 Å². The van der Waals surface area contributed by atoms with Crippen molar-refractivity contribution in [2.75, 3.05) is 11.5 Å². The number of carbonyl (C=O) groups excluding carboxylic acids is 1. The molecule has 1 aromatic carbocycles. The lowest BCUT2D eigenvalue weighted by Crippen LogP contribution is -2.45. The van der Waals surface area contributed by atoms with Crippen LogP contribution in [-0.4, -0.2) is 34.8 Å². The molecule has 2 atom stereocenters. The molecule has 2 aliphatic rings. The summed E-state index contributed by atoms with van der Waals surface area (Å²) >= 11 is 1.50. The molecule has 1 aromatic heterocycles. The van der Waals surface area contributed by atoms with E-state index in [4.69, 9.17) is 4.74 Å². The second kappa shape index (κ2) is 6.87. The number of phenolic OH excluding ortho intramolecular Hbond substituents is 1. The van der Waals surface area contributed by atoms with E-state index in [-0.39, 0.29) is 29.7 Å². The quantitative estimate of drug-likeness (QED) is 0.818. The molecule has 1 N–H and O–H groups in total. The fraction of sp³-hybridized carbons (Fsp3) is 0.474. The number of halogens is 1. The molecule has 26 heavy (non-hydrogen) atoms. The van der Waals surface area contributed by atoms with Gasteiger partial charge in [0.25, 0.3) is 0 Å². The van der Waals surface area contributed by atoms with Crippen molar-refractivity contribution in [3.05, 3.63) is 29.4 Å². The van der Waals surface area contributed by atoms with Crippen molar-refractivity contribution in [3.63, 3.8) is 0 Å². The van der Waals surface area contributed by atoms with Crippen LogP contribution in [0, 0.1) is 11.7 Å². The molecule has 0 radical (unpaired) electrons. The molecule has 2 bridgehead atoms. The standard InChI is InChI=1S/C19H21FN2O3S/c1-2-25-18(24)11-7-13-4-5-14(8-11)22(13)19-21-16(10-26-19)15-9-12(20)3-6-17(15)23/h3,6,9-11,13-14,23H,2,4-5,7-8H2,1H3. The molecule has 0 amide bonds. The fourth-order valence-electron chi connectivity index (χ4n) is 4.16. The smallest absolute Gasteiger partial charge is 0.309 e. The van der Waals surface area contributed by atoms with Gasteiger partial charge in [0.1, 0.15) is 11.6 Å². The van der Waals surface area contributed by atoms with Crippen molar-refractivity contribution in [2.24, 2.45) is 5.92 Å². The normalized spacial score (nSPS) is 24.7. The average molecular weight is 376 g/mol. The summed E-state index contributed by atoms with van der Waals surface area (Å²) in [4.78, 5) is 19.1. The van der Waals surface area contributed by atoms with E-state index >= 15 is 0 Å². The Morgan fingerprint density at radius 3 is 2.81 bits per heavy atom. The van der Waals surface area contributed by atoms with Gasteiger partial charge in [-0.1, -0.05) is 0 Å². The number of aromatic hydroxyl groups is 1. The van der Waals surface area contributed by atoms with Gasteiger partial charge in [-0.2, -0.15) is 0 Å². The molecule has 138 valence electrons. The highest BCUT2D eigenvalue weighted by molar-refractivity contribution is 7.14. The number of anilines is 1. The third kappa shape index (κ3) is 3.05. The van der Waals surface area contributed by atoms with Gasteiger partial charge in [0.05, 0.1) is 18.2 Å². The third-order valence-electron chi connectivity index (χ3n) is 5.30. The number of piperidine rings is 1. The molecule has 4 rings (SSSR count). The van der Waals surface area contributed by atoms with Crippen molar-refractivity contribution >= 4 is 22.4 Å². The molecule has 0 saturated carbocycles. The van der Waals surface area contributed by atoms with E-state index in [1.54, 1.807) is 0 Å². The zero-order chi connectivity index (χ0) is 18.3. The van der Waals surface area contributed by atoms with Gasteiger partial charge in [0.2, 0.25) is 0 Å². The predicted molar refractivity (Wildman–Crippen MR) is 97.8 cm³/mol. The summed E-state index contributed by atoms with van der Waals surface area (Å²) in [6.07, 6.45) is 3.66. The van der Waals surface area contributed by atoms with Crippen molar-refractivity contribution < 1.29 is 19.0 Å². The van der Waals surface area contributed by atoms with Crippen LogP contribution in [0.3, 0.4) is 0 Å². The monoisotopic (exact) mass is 376 g/mol. The Morgan fingerprint density at radius 1 is 1.38 bits per heavy atom. The minimum Gasteiger partial charge on any atom is -0.507 e. The van der Waals surface area contributed by atoms with Crippen LogP contribution in [0.5, 0.6) is 5.75 Å². The number of benzene rings is 1. The molecule has 2 saturated heterocycles. The highest BCUT2D eigenvalue weighted by Gasteiger charge is 2.44. The van der Waals surface area contributed by atoms with Crippen molar-refractivity contribution in [1.29, 1.82) is 0 Å². The van der Waals surface area contributed by atoms with Crippen LogP contribution in [0.4, 0.5) is 9.52 Å². The molecule has 2 aromatic rings. The molecule has 0 aliphatic carbocycles. The number of nitrogens with zero attached hydrogens (tertiary/aromatic N) is 2. The summed E-state index contributed by atoms with van der Waals surface area (Å²) in [6, 6.07) is 4.44. The molecular formula is C19H21FN2O3S.